The second-order valence-electron chi connectivity index (χ2n) is 6.92. The van der Waals surface area contributed by atoms with Crippen molar-refractivity contribution < 1.29 is 23.0 Å². The Morgan fingerprint density at radius 1 is 0.969 bits per heavy atom. The van der Waals surface area contributed by atoms with E-state index in [9.17, 15) is 9.18 Å². The average Bonchev–Trinajstić information content (AvgIpc) is 3.48. The van der Waals surface area contributed by atoms with Crippen LogP contribution in [0.3, 0.4) is 0 Å². The fourth-order valence-electron chi connectivity index (χ4n) is 3.31. The van der Waals surface area contributed by atoms with Gasteiger partial charge < -0.3 is 9.47 Å². The SMILES string of the molecule is COc1ccc(C(=O)OC(Cn2cncn2)(Cn2cncn2)c2ccc(F)cc2F)cc1. The summed E-state index contributed by atoms with van der Waals surface area (Å²) in [7, 11) is 1.51. The summed E-state index contributed by atoms with van der Waals surface area (Å²) in [4.78, 5) is 20.9. The predicted molar refractivity (Wildman–Crippen MR) is 106 cm³/mol. The van der Waals surface area contributed by atoms with Crippen molar-refractivity contribution in [3.63, 3.8) is 0 Å². The molecule has 0 N–H and O–H groups in total. The van der Waals surface area contributed by atoms with Crippen LogP contribution in [0.25, 0.3) is 0 Å². The Balaban J connectivity index is 1.80. The lowest BCUT2D eigenvalue weighted by Gasteiger charge is -2.34. The van der Waals surface area contributed by atoms with E-state index in [-0.39, 0.29) is 24.2 Å². The first-order chi connectivity index (χ1) is 15.5. The smallest absolute Gasteiger partial charge is 0.339 e. The van der Waals surface area contributed by atoms with E-state index in [1.54, 1.807) is 12.1 Å². The second-order valence-corrected chi connectivity index (χ2v) is 6.92. The van der Waals surface area contributed by atoms with Gasteiger partial charge in [0.15, 0.2) is 5.60 Å². The van der Waals surface area contributed by atoms with E-state index < -0.39 is 23.2 Å². The number of hydrogen-bond donors (Lipinski definition) is 0. The van der Waals surface area contributed by atoms with Gasteiger partial charge in [-0.25, -0.2) is 32.9 Å². The van der Waals surface area contributed by atoms with Crippen LogP contribution in [-0.4, -0.2) is 42.6 Å². The number of carbonyl (C=O) groups is 1. The Bertz CT molecular complexity index is 1140. The minimum Gasteiger partial charge on any atom is -0.497 e. The summed E-state index contributed by atoms with van der Waals surface area (Å²) in [6.07, 6.45) is 5.40. The molecule has 0 atom stereocenters. The highest BCUT2D eigenvalue weighted by Crippen LogP contribution is 2.33. The van der Waals surface area contributed by atoms with Gasteiger partial charge in [0.1, 0.15) is 42.7 Å². The van der Waals surface area contributed by atoms with Gasteiger partial charge in [-0.1, -0.05) is 0 Å². The molecule has 0 fully saturated rings. The Morgan fingerprint density at radius 3 is 2.09 bits per heavy atom. The molecule has 0 saturated carbocycles. The fraction of sp³-hybridized carbons (Fsp3) is 0.190. The summed E-state index contributed by atoms with van der Waals surface area (Å²) in [5.74, 6) is -1.81. The molecule has 0 aliphatic rings. The van der Waals surface area contributed by atoms with Crippen molar-refractivity contribution in [3.05, 3.63) is 90.5 Å². The number of methoxy groups -OCH3 is 1. The number of ether oxygens (including phenoxy) is 2. The van der Waals surface area contributed by atoms with Crippen LogP contribution in [0, 0.1) is 11.6 Å². The van der Waals surface area contributed by atoms with Crippen LogP contribution >= 0.6 is 0 Å². The van der Waals surface area contributed by atoms with Gasteiger partial charge in [-0.05, 0) is 36.4 Å². The molecular formula is C21H18F2N6O3. The summed E-state index contributed by atoms with van der Waals surface area (Å²) >= 11 is 0. The zero-order valence-corrected chi connectivity index (χ0v) is 16.9. The number of halogens is 2. The summed E-state index contributed by atoms with van der Waals surface area (Å²) in [6.45, 7) is -0.228. The third-order valence-electron chi connectivity index (χ3n) is 4.80. The molecule has 0 radical (unpaired) electrons. The van der Waals surface area contributed by atoms with Gasteiger partial charge in [0, 0.05) is 11.6 Å². The van der Waals surface area contributed by atoms with Crippen molar-refractivity contribution in [1.82, 2.24) is 29.5 Å². The first-order valence-corrected chi connectivity index (χ1v) is 9.47. The standard InChI is InChI=1S/C21H18F2N6O3/c1-31-17-5-2-15(3-6-17)20(30)32-21(9-28-13-24-11-26-28,10-29-14-25-12-27-29)18-7-4-16(22)8-19(18)23/h2-8,11-14H,9-10H2,1H3. The van der Waals surface area contributed by atoms with Crippen molar-refractivity contribution in [2.75, 3.05) is 7.11 Å². The fourth-order valence-corrected chi connectivity index (χ4v) is 3.31. The quantitative estimate of drug-likeness (QED) is 0.389. The van der Waals surface area contributed by atoms with Crippen LogP contribution < -0.4 is 4.74 Å². The lowest BCUT2D eigenvalue weighted by Crippen LogP contribution is -2.42. The minimum atomic E-state index is -1.66. The molecule has 4 aromatic rings. The molecule has 32 heavy (non-hydrogen) atoms. The van der Waals surface area contributed by atoms with Gasteiger partial charge in [-0.2, -0.15) is 10.2 Å². The summed E-state index contributed by atoms with van der Waals surface area (Å²) in [6, 6.07) is 9.32. The highest BCUT2D eigenvalue weighted by atomic mass is 19.1. The van der Waals surface area contributed by atoms with Gasteiger partial charge in [-0.3, -0.25) is 0 Å². The molecule has 0 spiro atoms. The summed E-state index contributed by atoms with van der Waals surface area (Å²) < 4.78 is 42.5. The van der Waals surface area contributed by atoms with Crippen LogP contribution in [0.15, 0.2) is 67.8 Å². The van der Waals surface area contributed by atoms with Gasteiger partial charge >= 0.3 is 5.97 Å². The Morgan fingerprint density at radius 2 is 1.59 bits per heavy atom. The third kappa shape index (κ3) is 4.46. The van der Waals surface area contributed by atoms with Gasteiger partial charge in [0.05, 0.1) is 25.8 Å². The second kappa shape index (κ2) is 8.92. The largest absolute Gasteiger partial charge is 0.497 e. The summed E-state index contributed by atoms with van der Waals surface area (Å²) in [5, 5.41) is 8.12. The molecule has 2 aromatic carbocycles. The normalized spacial score (nSPS) is 11.3. The monoisotopic (exact) mass is 440 g/mol. The van der Waals surface area contributed by atoms with Crippen molar-refractivity contribution in [2.24, 2.45) is 0 Å². The van der Waals surface area contributed by atoms with Gasteiger partial charge in [0.2, 0.25) is 0 Å². The first kappa shape index (κ1) is 21.1. The van der Waals surface area contributed by atoms with E-state index in [0.717, 1.165) is 12.1 Å². The van der Waals surface area contributed by atoms with E-state index in [1.165, 1.54) is 60.0 Å². The van der Waals surface area contributed by atoms with E-state index in [1.807, 2.05) is 0 Å². The molecule has 2 aromatic heterocycles. The number of rotatable bonds is 8. The third-order valence-corrected chi connectivity index (χ3v) is 4.80. The highest BCUT2D eigenvalue weighted by Gasteiger charge is 2.41. The molecule has 0 saturated heterocycles. The van der Waals surface area contributed by atoms with Crippen LogP contribution in [-0.2, 0) is 23.4 Å². The van der Waals surface area contributed by atoms with Crippen molar-refractivity contribution in [1.29, 1.82) is 0 Å². The molecule has 11 heteroatoms. The molecule has 0 bridgehead atoms. The molecule has 4 rings (SSSR count). The van der Waals surface area contributed by atoms with Gasteiger partial charge in [0.25, 0.3) is 0 Å². The number of aromatic nitrogens is 6. The predicted octanol–water partition coefficient (Wildman–Crippen LogP) is 2.61. The Kier molecular flexibility index (Phi) is 5.88. The van der Waals surface area contributed by atoms with Crippen molar-refractivity contribution in [2.45, 2.75) is 18.7 Å². The minimum absolute atomic E-state index is 0.0493. The summed E-state index contributed by atoms with van der Waals surface area (Å²) in [5.41, 5.74) is -1.49. The van der Waals surface area contributed by atoms with Crippen LogP contribution in [0.4, 0.5) is 8.78 Å². The molecule has 0 aliphatic carbocycles. The van der Waals surface area contributed by atoms with Gasteiger partial charge in [-0.15, -0.1) is 0 Å². The van der Waals surface area contributed by atoms with Crippen molar-refractivity contribution >= 4 is 5.97 Å². The molecule has 164 valence electrons. The highest BCUT2D eigenvalue weighted by molar-refractivity contribution is 5.89. The average molecular weight is 440 g/mol. The Hall–Kier alpha value is -4.15. The molecule has 0 amide bonds. The zero-order valence-electron chi connectivity index (χ0n) is 16.9. The maximum Gasteiger partial charge on any atom is 0.339 e. The number of carbonyl (C=O) groups excluding carboxylic acids is 1. The van der Waals surface area contributed by atoms with Crippen LogP contribution in [0.2, 0.25) is 0 Å². The first-order valence-electron chi connectivity index (χ1n) is 9.47. The molecule has 0 aliphatic heterocycles. The number of hydrogen-bond acceptors (Lipinski definition) is 7. The van der Waals surface area contributed by atoms with E-state index in [4.69, 9.17) is 9.47 Å². The number of esters is 1. The van der Waals surface area contributed by atoms with Crippen LogP contribution in [0.5, 0.6) is 5.75 Å². The zero-order chi connectivity index (χ0) is 22.6. The topological polar surface area (TPSA) is 97.0 Å². The lowest BCUT2D eigenvalue weighted by molar-refractivity contribution is -0.0464. The molecule has 0 unspecified atom stereocenters. The lowest BCUT2D eigenvalue weighted by atomic mass is 9.92. The van der Waals surface area contributed by atoms with Crippen LogP contribution in [0.1, 0.15) is 15.9 Å². The van der Waals surface area contributed by atoms with E-state index >= 15 is 4.39 Å². The van der Waals surface area contributed by atoms with E-state index in [2.05, 4.69) is 20.2 Å². The Labute approximate surface area is 181 Å². The van der Waals surface area contributed by atoms with E-state index in [0.29, 0.717) is 5.75 Å². The maximum absolute atomic E-state index is 15.0. The molecule has 9 nitrogen and oxygen atoms in total. The van der Waals surface area contributed by atoms with Crippen molar-refractivity contribution in [3.8, 4) is 5.75 Å². The number of benzene rings is 2. The molecule has 2 heterocycles. The maximum atomic E-state index is 15.0. The molecular weight excluding hydrogens is 422 g/mol. The number of nitrogens with zero attached hydrogens (tertiary/aromatic N) is 6.